The van der Waals surface area contributed by atoms with Gasteiger partial charge in [0.15, 0.2) is 0 Å². The highest BCUT2D eigenvalue weighted by atomic mass is 32.4. The molecule has 0 unspecified atom stereocenters. The number of nitrogens with one attached hydrogen (secondary N) is 1. The number of benzene rings is 2. The Kier molecular flexibility index (Phi) is 5.06. The molecule has 23 heavy (non-hydrogen) atoms. The normalized spacial score (nSPS) is 12.1. The van der Waals surface area contributed by atoms with Crippen molar-refractivity contribution in [1.29, 1.82) is 0 Å². The Morgan fingerprint density at radius 3 is 1.96 bits per heavy atom. The van der Waals surface area contributed by atoms with Gasteiger partial charge in [0, 0.05) is 15.5 Å². The third-order valence-electron chi connectivity index (χ3n) is 3.48. The molecule has 0 aliphatic carbocycles. The zero-order chi connectivity index (χ0) is 16.1. The maximum Gasteiger partial charge on any atom is 0.106 e. The van der Waals surface area contributed by atoms with E-state index in [1.807, 2.05) is 49.4 Å². The molecule has 0 radical (unpaired) electrons. The largest absolute Gasteiger partial charge is 0.272 e. The first-order chi connectivity index (χ1) is 11.2. The van der Waals surface area contributed by atoms with Crippen LogP contribution >= 0.6 is 17.5 Å². The molecule has 0 amide bonds. The topological polar surface area (TPSA) is 24.4 Å². The number of hydrogen-bond donors (Lipinski definition) is 1. The summed E-state index contributed by atoms with van der Waals surface area (Å²) in [6.07, 6.45) is -2.18. The summed E-state index contributed by atoms with van der Waals surface area (Å²) in [4.78, 5) is 1.15. The molecule has 5 heteroatoms. The summed E-state index contributed by atoms with van der Waals surface area (Å²) >= 11 is 7.76. The van der Waals surface area contributed by atoms with Crippen LogP contribution in [0, 0.1) is 0 Å². The fourth-order valence-corrected chi connectivity index (χ4v) is 5.76. The van der Waals surface area contributed by atoms with Crippen molar-refractivity contribution in [3.8, 4) is 0 Å². The first-order valence-corrected chi connectivity index (χ1v) is 10.9. The lowest BCUT2D eigenvalue weighted by atomic mass is 10.3. The summed E-state index contributed by atoms with van der Waals surface area (Å²) in [6.45, 7) is 2.01. The van der Waals surface area contributed by atoms with Crippen molar-refractivity contribution in [2.45, 2.75) is 6.92 Å². The number of hydrazone groups is 1. The highest BCUT2D eigenvalue weighted by molar-refractivity contribution is 8.20. The maximum absolute atomic E-state index is 6.08. The molecule has 0 aliphatic heterocycles. The van der Waals surface area contributed by atoms with Crippen LogP contribution in [-0.2, 0) is 11.8 Å². The minimum absolute atomic E-state index is 0.959. The van der Waals surface area contributed by atoms with Gasteiger partial charge in [-0.1, -0.05) is 78.5 Å². The number of thiophene rings is 1. The van der Waals surface area contributed by atoms with Crippen LogP contribution in [0.15, 0.2) is 83.3 Å². The van der Waals surface area contributed by atoms with E-state index in [0.717, 1.165) is 21.2 Å². The van der Waals surface area contributed by atoms with Gasteiger partial charge in [-0.15, -0.1) is 11.3 Å². The van der Waals surface area contributed by atoms with Gasteiger partial charge in [-0.05, 0) is 18.4 Å². The fourth-order valence-electron chi connectivity index (χ4n) is 2.23. The van der Waals surface area contributed by atoms with E-state index in [1.165, 1.54) is 0 Å². The molecule has 3 aromatic rings. The third kappa shape index (κ3) is 3.61. The molecule has 0 saturated carbocycles. The Balaban J connectivity index is 2.00. The van der Waals surface area contributed by atoms with Crippen LogP contribution in [0.4, 0.5) is 0 Å². The fraction of sp³-hybridized carbons (Fsp3) is 0.0556. The van der Waals surface area contributed by atoms with Crippen molar-refractivity contribution >= 4 is 45.7 Å². The highest BCUT2D eigenvalue weighted by Gasteiger charge is 2.21. The van der Waals surface area contributed by atoms with E-state index >= 15 is 0 Å². The molecule has 0 bridgehead atoms. The third-order valence-corrected chi connectivity index (χ3v) is 8.40. The first kappa shape index (κ1) is 16.1. The molecule has 0 atom stereocenters. The van der Waals surface area contributed by atoms with Crippen molar-refractivity contribution < 1.29 is 0 Å². The predicted molar refractivity (Wildman–Crippen MR) is 106 cm³/mol. The van der Waals surface area contributed by atoms with Gasteiger partial charge in [0.05, 0.1) is 5.71 Å². The zero-order valence-corrected chi connectivity index (χ0v) is 15.2. The molecule has 1 aromatic heterocycles. The van der Waals surface area contributed by atoms with Crippen LogP contribution in [0.2, 0.25) is 0 Å². The highest BCUT2D eigenvalue weighted by Crippen LogP contribution is 2.39. The Morgan fingerprint density at radius 2 is 1.48 bits per heavy atom. The van der Waals surface area contributed by atoms with E-state index in [4.69, 9.17) is 11.8 Å². The van der Waals surface area contributed by atoms with Crippen LogP contribution < -0.4 is 15.8 Å². The van der Waals surface area contributed by atoms with Crippen LogP contribution in [0.5, 0.6) is 0 Å². The maximum atomic E-state index is 6.08. The van der Waals surface area contributed by atoms with Crippen LogP contribution in [-0.4, -0.2) is 5.71 Å². The van der Waals surface area contributed by atoms with Crippen molar-refractivity contribution in [2.24, 2.45) is 5.10 Å². The molecule has 1 heterocycles. The Hall–Kier alpha value is -1.74. The van der Waals surface area contributed by atoms with E-state index in [0.29, 0.717) is 0 Å². The molecule has 1 N–H and O–H groups in total. The van der Waals surface area contributed by atoms with Gasteiger partial charge >= 0.3 is 0 Å². The number of rotatable bonds is 5. The van der Waals surface area contributed by atoms with Gasteiger partial charge in [-0.3, -0.25) is 5.20 Å². The summed E-state index contributed by atoms with van der Waals surface area (Å²) in [6, 6.07) is 24.5. The molecule has 2 aromatic carbocycles. The average molecular weight is 356 g/mol. The summed E-state index contributed by atoms with van der Waals surface area (Å²) in [5, 5.41) is 12.2. The standard InChI is InChI=1S/C18H17N2PS2/c1-15(18-13-8-14-23-18)19-20-21(22,16-9-4-2-5-10-16)17-11-6-3-7-12-17/h2-14H,1H3,(H,20,22)/b19-15+. The quantitative estimate of drug-likeness (QED) is 0.423. The predicted octanol–water partition coefficient (Wildman–Crippen LogP) is 4.11. The Labute approximate surface area is 146 Å². The zero-order valence-electron chi connectivity index (χ0n) is 12.7. The van der Waals surface area contributed by atoms with E-state index in [9.17, 15) is 0 Å². The second-order valence-electron chi connectivity index (χ2n) is 5.05. The van der Waals surface area contributed by atoms with Gasteiger partial charge in [-0.25, -0.2) is 0 Å². The lowest BCUT2D eigenvalue weighted by molar-refractivity contribution is 1.10. The van der Waals surface area contributed by atoms with Crippen molar-refractivity contribution in [1.82, 2.24) is 5.20 Å². The number of nitrogens with zero attached hydrogens (tertiary/aromatic N) is 1. The minimum atomic E-state index is -2.18. The second kappa shape index (κ2) is 7.22. The second-order valence-corrected chi connectivity index (χ2v) is 10.1. The monoisotopic (exact) mass is 356 g/mol. The van der Waals surface area contributed by atoms with E-state index < -0.39 is 6.19 Å². The Bertz CT molecular complexity index is 784. The van der Waals surface area contributed by atoms with Gasteiger partial charge in [0.1, 0.15) is 6.19 Å². The summed E-state index contributed by atoms with van der Waals surface area (Å²) in [5.74, 6) is 0. The Morgan fingerprint density at radius 1 is 0.913 bits per heavy atom. The van der Waals surface area contributed by atoms with Gasteiger partial charge < -0.3 is 0 Å². The summed E-state index contributed by atoms with van der Waals surface area (Å²) < 4.78 is 0. The van der Waals surface area contributed by atoms with Crippen LogP contribution in [0.25, 0.3) is 0 Å². The summed E-state index contributed by atoms with van der Waals surface area (Å²) in [5.41, 5.74) is 0.959. The lowest BCUT2D eigenvalue weighted by Crippen LogP contribution is -2.25. The van der Waals surface area contributed by atoms with Crippen molar-refractivity contribution in [3.05, 3.63) is 83.1 Å². The lowest BCUT2D eigenvalue weighted by Gasteiger charge is -2.23. The van der Waals surface area contributed by atoms with Gasteiger partial charge in [-0.2, -0.15) is 5.10 Å². The molecule has 2 nitrogen and oxygen atoms in total. The SMILES string of the molecule is C/C(=N\NP(=S)(c1ccccc1)c1ccccc1)c1cccs1. The average Bonchev–Trinajstić information content (AvgIpc) is 3.16. The summed E-state index contributed by atoms with van der Waals surface area (Å²) in [7, 11) is 0. The molecule has 0 saturated heterocycles. The molecule has 3 rings (SSSR count). The van der Waals surface area contributed by atoms with E-state index in [2.05, 4.69) is 46.0 Å². The molecule has 116 valence electrons. The van der Waals surface area contributed by atoms with Crippen LogP contribution in [0.3, 0.4) is 0 Å². The van der Waals surface area contributed by atoms with Crippen molar-refractivity contribution in [3.63, 3.8) is 0 Å². The molecular weight excluding hydrogens is 339 g/mol. The van der Waals surface area contributed by atoms with E-state index in [-0.39, 0.29) is 0 Å². The molecule has 0 aliphatic rings. The molecule has 0 spiro atoms. The smallest absolute Gasteiger partial charge is 0.106 e. The molecule has 0 fully saturated rings. The molecular formula is C18H17N2PS2. The van der Waals surface area contributed by atoms with E-state index in [1.54, 1.807) is 11.3 Å². The number of hydrogen-bond acceptors (Lipinski definition) is 3. The van der Waals surface area contributed by atoms with Gasteiger partial charge in [0.2, 0.25) is 0 Å². The first-order valence-electron chi connectivity index (χ1n) is 7.27. The minimum Gasteiger partial charge on any atom is -0.272 e. The van der Waals surface area contributed by atoms with Crippen LogP contribution in [0.1, 0.15) is 11.8 Å². The van der Waals surface area contributed by atoms with Crippen molar-refractivity contribution in [2.75, 3.05) is 0 Å². The van der Waals surface area contributed by atoms with Gasteiger partial charge in [0.25, 0.3) is 0 Å².